The maximum absolute atomic E-state index is 13.1. The van der Waals surface area contributed by atoms with Gasteiger partial charge in [0.15, 0.2) is 11.5 Å². The highest BCUT2D eigenvalue weighted by Gasteiger charge is 2.36. The van der Waals surface area contributed by atoms with E-state index >= 15 is 0 Å². The van der Waals surface area contributed by atoms with E-state index in [9.17, 15) is 18.8 Å². The molecule has 1 fully saturated rings. The van der Waals surface area contributed by atoms with Crippen LogP contribution in [0.1, 0.15) is 29.2 Å². The number of halogens is 1. The number of hydrogen-bond donors (Lipinski definition) is 1. The van der Waals surface area contributed by atoms with Gasteiger partial charge in [-0.2, -0.15) is 0 Å². The second kappa shape index (κ2) is 12.0. The molecule has 1 N–H and O–H groups in total. The number of hydrogen-bond acceptors (Lipinski definition) is 6. The van der Waals surface area contributed by atoms with Gasteiger partial charge < -0.3 is 14.8 Å². The number of nitrogens with one attached hydrogen (secondary N) is 1. The van der Waals surface area contributed by atoms with Crippen LogP contribution in [0, 0.1) is 19.7 Å². The van der Waals surface area contributed by atoms with Crippen LogP contribution in [0.5, 0.6) is 11.5 Å². The van der Waals surface area contributed by atoms with Crippen LogP contribution in [0.25, 0.3) is 6.08 Å². The zero-order valence-electron chi connectivity index (χ0n) is 21.2. The standard InChI is InChI=1S/C29H27FN2O5S/c1-4-36-25-14-21(8-12-24(25)37-17-20-6-9-22(30)10-7-20)15-26-28(34)32(29(35)38-26)16-27(33)31-23-11-5-18(2)19(3)13-23/h5-15H,4,16-17H2,1-3H3,(H,31,33)/b26-15+. The van der Waals surface area contributed by atoms with Gasteiger partial charge in [0.25, 0.3) is 11.1 Å². The molecule has 7 nitrogen and oxygen atoms in total. The van der Waals surface area contributed by atoms with E-state index in [1.807, 2.05) is 32.9 Å². The second-order valence-corrected chi connectivity index (χ2v) is 9.66. The van der Waals surface area contributed by atoms with Crippen molar-refractivity contribution < 1.29 is 28.2 Å². The van der Waals surface area contributed by atoms with Crippen LogP contribution < -0.4 is 14.8 Å². The van der Waals surface area contributed by atoms with Crippen molar-refractivity contribution in [1.82, 2.24) is 4.90 Å². The van der Waals surface area contributed by atoms with E-state index in [1.165, 1.54) is 12.1 Å². The monoisotopic (exact) mass is 534 g/mol. The second-order valence-electron chi connectivity index (χ2n) is 8.67. The first-order chi connectivity index (χ1) is 18.2. The summed E-state index contributed by atoms with van der Waals surface area (Å²) in [6, 6.07) is 16.7. The lowest BCUT2D eigenvalue weighted by Crippen LogP contribution is -2.36. The molecule has 1 heterocycles. The molecule has 0 radical (unpaired) electrons. The smallest absolute Gasteiger partial charge is 0.294 e. The first-order valence-electron chi connectivity index (χ1n) is 12.0. The number of carbonyl (C=O) groups is 3. The maximum atomic E-state index is 13.1. The van der Waals surface area contributed by atoms with Crippen molar-refractivity contribution in [2.75, 3.05) is 18.5 Å². The number of rotatable bonds is 9. The molecule has 0 saturated carbocycles. The van der Waals surface area contributed by atoms with Gasteiger partial charge in [0.1, 0.15) is 19.0 Å². The van der Waals surface area contributed by atoms with Crippen LogP contribution in [0.4, 0.5) is 14.9 Å². The van der Waals surface area contributed by atoms with Gasteiger partial charge in [-0.15, -0.1) is 0 Å². The molecular weight excluding hydrogens is 507 g/mol. The van der Waals surface area contributed by atoms with Gasteiger partial charge in [-0.25, -0.2) is 4.39 Å². The molecule has 0 unspecified atom stereocenters. The largest absolute Gasteiger partial charge is 0.490 e. The molecule has 3 amide bonds. The third-order valence-corrected chi connectivity index (χ3v) is 6.75. The average Bonchev–Trinajstić information content (AvgIpc) is 3.14. The van der Waals surface area contributed by atoms with E-state index in [2.05, 4.69) is 5.32 Å². The topological polar surface area (TPSA) is 84.9 Å². The Labute approximate surface area is 224 Å². The number of thioether (sulfide) groups is 1. The van der Waals surface area contributed by atoms with Crippen LogP contribution in [0.15, 0.2) is 65.6 Å². The van der Waals surface area contributed by atoms with Crippen molar-refractivity contribution in [3.05, 3.63) is 93.6 Å². The Bertz CT molecular complexity index is 1400. The number of anilines is 1. The van der Waals surface area contributed by atoms with Crippen molar-refractivity contribution in [2.24, 2.45) is 0 Å². The average molecular weight is 535 g/mol. The molecule has 0 aliphatic carbocycles. The minimum atomic E-state index is -0.537. The van der Waals surface area contributed by atoms with Crippen LogP contribution in [-0.4, -0.2) is 35.1 Å². The van der Waals surface area contributed by atoms with Gasteiger partial charge in [-0.1, -0.05) is 24.3 Å². The van der Waals surface area contributed by atoms with Crippen molar-refractivity contribution >= 4 is 40.6 Å². The van der Waals surface area contributed by atoms with Crippen LogP contribution in [0.3, 0.4) is 0 Å². The fraction of sp³-hybridized carbons (Fsp3) is 0.207. The summed E-state index contributed by atoms with van der Waals surface area (Å²) in [6.07, 6.45) is 1.58. The van der Waals surface area contributed by atoms with Gasteiger partial charge in [0, 0.05) is 5.69 Å². The Kier molecular flexibility index (Phi) is 8.48. The fourth-order valence-corrected chi connectivity index (χ4v) is 4.53. The van der Waals surface area contributed by atoms with Crippen molar-refractivity contribution in [3.63, 3.8) is 0 Å². The summed E-state index contributed by atoms with van der Waals surface area (Å²) in [6.45, 7) is 5.98. The predicted octanol–water partition coefficient (Wildman–Crippen LogP) is 6.10. The molecule has 0 bridgehead atoms. The third kappa shape index (κ3) is 6.60. The zero-order chi connectivity index (χ0) is 27.2. The Balaban J connectivity index is 1.44. The van der Waals surface area contributed by atoms with Gasteiger partial charge in [0.2, 0.25) is 5.91 Å². The summed E-state index contributed by atoms with van der Waals surface area (Å²) in [7, 11) is 0. The van der Waals surface area contributed by atoms with Gasteiger partial charge in [0.05, 0.1) is 11.5 Å². The lowest BCUT2D eigenvalue weighted by Gasteiger charge is -2.13. The van der Waals surface area contributed by atoms with E-state index in [0.29, 0.717) is 29.4 Å². The molecule has 0 atom stereocenters. The van der Waals surface area contributed by atoms with E-state index in [4.69, 9.17) is 9.47 Å². The summed E-state index contributed by atoms with van der Waals surface area (Å²) in [5, 5.41) is 2.22. The third-order valence-electron chi connectivity index (χ3n) is 5.84. The summed E-state index contributed by atoms with van der Waals surface area (Å²) >= 11 is 0.777. The van der Waals surface area contributed by atoms with E-state index in [1.54, 1.807) is 42.5 Å². The molecule has 1 aliphatic heterocycles. The van der Waals surface area contributed by atoms with E-state index in [-0.39, 0.29) is 23.9 Å². The predicted molar refractivity (Wildman–Crippen MR) is 146 cm³/mol. The van der Waals surface area contributed by atoms with E-state index < -0.39 is 17.1 Å². The first kappa shape index (κ1) is 26.9. The molecule has 4 rings (SSSR count). The van der Waals surface area contributed by atoms with Crippen LogP contribution >= 0.6 is 11.8 Å². The number of amides is 3. The van der Waals surface area contributed by atoms with Crippen molar-refractivity contribution in [1.29, 1.82) is 0 Å². The SMILES string of the molecule is CCOc1cc(/C=C2/SC(=O)N(CC(=O)Nc3ccc(C)c(C)c3)C2=O)ccc1OCc1ccc(F)cc1. The Hall–Kier alpha value is -4.11. The van der Waals surface area contributed by atoms with Crippen molar-refractivity contribution in [3.8, 4) is 11.5 Å². The molecule has 9 heteroatoms. The quantitative estimate of drug-likeness (QED) is 0.334. The molecular formula is C29H27FN2O5S. The molecule has 0 aromatic heterocycles. The minimum absolute atomic E-state index is 0.205. The Morgan fingerprint density at radius 2 is 1.74 bits per heavy atom. The van der Waals surface area contributed by atoms with Crippen molar-refractivity contribution in [2.45, 2.75) is 27.4 Å². The molecule has 1 saturated heterocycles. The minimum Gasteiger partial charge on any atom is -0.490 e. The Morgan fingerprint density at radius 3 is 2.45 bits per heavy atom. The fourth-order valence-electron chi connectivity index (χ4n) is 3.69. The maximum Gasteiger partial charge on any atom is 0.294 e. The highest BCUT2D eigenvalue weighted by molar-refractivity contribution is 8.18. The number of benzene rings is 3. The number of carbonyl (C=O) groups excluding carboxylic acids is 3. The highest BCUT2D eigenvalue weighted by Crippen LogP contribution is 2.35. The molecule has 196 valence electrons. The number of imide groups is 1. The van der Waals surface area contributed by atoms with E-state index in [0.717, 1.165) is 33.4 Å². The summed E-state index contributed by atoms with van der Waals surface area (Å²) < 4.78 is 24.7. The van der Waals surface area contributed by atoms with Gasteiger partial charge in [-0.05, 0) is 97.3 Å². The normalized spacial score (nSPS) is 14.2. The summed E-state index contributed by atoms with van der Waals surface area (Å²) in [5.74, 6) is -0.359. The number of ether oxygens (including phenoxy) is 2. The number of nitrogens with zero attached hydrogens (tertiary/aromatic N) is 1. The number of aryl methyl sites for hydroxylation is 2. The first-order valence-corrected chi connectivity index (χ1v) is 12.8. The molecule has 38 heavy (non-hydrogen) atoms. The lowest BCUT2D eigenvalue weighted by atomic mass is 10.1. The van der Waals surface area contributed by atoms with Gasteiger partial charge in [-0.3, -0.25) is 19.3 Å². The Morgan fingerprint density at radius 1 is 0.974 bits per heavy atom. The van der Waals surface area contributed by atoms with Crippen LogP contribution in [0.2, 0.25) is 0 Å². The lowest BCUT2D eigenvalue weighted by molar-refractivity contribution is -0.127. The highest BCUT2D eigenvalue weighted by atomic mass is 32.2. The molecule has 1 aliphatic rings. The molecule has 3 aromatic carbocycles. The molecule has 3 aromatic rings. The van der Waals surface area contributed by atoms with Gasteiger partial charge >= 0.3 is 0 Å². The summed E-state index contributed by atoms with van der Waals surface area (Å²) in [5.41, 5.74) is 4.15. The molecule has 0 spiro atoms. The summed E-state index contributed by atoms with van der Waals surface area (Å²) in [4.78, 5) is 39.1. The zero-order valence-corrected chi connectivity index (χ0v) is 22.1. The van der Waals surface area contributed by atoms with Crippen LogP contribution in [-0.2, 0) is 16.2 Å².